The minimum atomic E-state index is -3.17. The van der Waals surface area contributed by atoms with Crippen molar-refractivity contribution in [3.8, 4) is 0 Å². The summed E-state index contributed by atoms with van der Waals surface area (Å²) in [7, 11) is -3.17. The van der Waals surface area contributed by atoms with Crippen LogP contribution in [0.2, 0.25) is 0 Å². The molecule has 0 radical (unpaired) electrons. The lowest BCUT2D eigenvalue weighted by Crippen LogP contribution is -2.47. The van der Waals surface area contributed by atoms with Gasteiger partial charge in [0.05, 0.1) is 4.75 Å². The normalized spacial score (nSPS) is 14.9. The molecule has 1 atom stereocenters. The second-order valence-electron chi connectivity index (χ2n) is 4.11. The molecule has 0 saturated carbocycles. The number of hydrogen-bond donors (Lipinski definition) is 3. The van der Waals surface area contributed by atoms with Crippen LogP contribution in [0, 0.1) is 0 Å². The van der Waals surface area contributed by atoms with Gasteiger partial charge in [-0.05, 0) is 13.8 Å². The average molecular weight is 238 g/mol. The summed E-state index contributed by atoms with van der Waals surface area (Å²) in [5, 5.41) is 11.2. The van der Waals surface area contributed by atoms with Crippen LogP contribution in [0.25, 0.3) is 0 Å². The maximum absolute atomic E-state index is 11.3. The maximum atomic E-state index is 11.3. The molecule has 0 aromatic carbocycles. The molecular formula is C8H18N2O4S. The smallest absolute Gasteiger partial charge is 0.321 e. The van der Waals surface area contributed by atoms with Crippen LogP contribution < -0.4 is 11.1 Å². The lowest BCUT2D eigenvalue weighted by molar-refractivity contribution is -0.138. The molecule has 1 unspecified atom stereocenters. The Hall–Kier alpha value is -0.660. The van der Waals surface area contributed by atoms with Crippen molar-refractivity contribution >= 4 is 15.8 Å². The summed E-state index contributed by atoms with van der Waals surface area (Å²) in [5.41, 5.74) is 5.24. The summed E-state index contributed by atoms with van der Waals surface area (Å²) < 4.78 is 21.6. The maximum Gasteiger partial charge on any atom is 0.321 e. The van der Waals surface area contributed by atoms with Gasteiger partial charge < -0.3 is 16.2 Å². The lowest BCUT2D eigenvalue weighted by Gasteiger charge is -2.23. The van der Waals surface area contributed by atoms with Crippen molar-refractivity contribution in [2.45, 2.75) is 24.6 Å². The van der Waals surface area contributed by atoms with Crippen LogP contribution >= 0.6 is 0 Å². The number of carboxylic acids is 1. The monoisotopic (exact) mass is 238 g/mol. The van der Waals surface area contributed by atoms with Gasteiger partial charge in [-0.15, -0.1) is 0 Å². The topological polar surface area (TPSA) is 109 Å². The van der Waals surface area contributed by atoms with Gasteiger partial charge in [0.15, 0.2) is 9.84 Å². The molecule has 15 heavy (non-hydrogen) atoms. The SMILES string of the molecule is CC(C)(CNCC(N)C(=O)O)S(C)(=O)=O. The Morgan fingerprint density at radius 1 is 1.53 bits per heavy atom. The van der Waals surface area contributed by atoms with Gasteiger partial charge >= 0.3 is 5.97 Å². The molecule has 0 heterocycles. The molecule has 0 amide bonds. The molecule has 0 aliphatic carbocycles. The van der Waals surface area contributed by atoms with E-state index >= 15 is 0 Å². The number of rotatable bonds is 6. The second kappa shape index (κ2) is 4.91. The Morgan fingerprint density at radius 2 is 2.00 bits per heavy atom. The Morgan fingerprint density at radius 3 is 2.33 bits per heavy atom. The predicted molar refractivity (Wildman–Crippen MR) is 57.4 cm³/mol. The lowest BCUT2D eigenvalue weighted by atomic mass is 10.2. The molecule has 0 fully saturated rings. The molecule has 6 nitrogen and oxygen atoms in total. The van der Waals surface area contributed by atoms with Gasteiger partial charge in [0.2, 0.25) is 0 Å². The average Bonchev–Trinajstić information content (AvgIpc) is 2.01. The zero-order valence-electron chi connectivity index (χ0n) is 9.15. The molecular weight excluding hydrogens is 220 g/mol. The van der Waals surface area contributed by atoms with Gasteiger partial charge in [-0.3, -0.25) is 4.79 Å². The third-order valence-electron chi connectivity index (χ3n) is 2.24. The van der Waals surface area contributed by atoms with Crippen LogP contribution in [0.3, 0.4) is 0 Å². The summed E-state index contributed by atoms with van der Waals surface area (Å²) in [6.07, 6.45) is 1.14. The van der Waals surface area contributed by atoms with Gasteiger partial charge in [0, 0.05) is 19.3 Å². The molecule has 0 spiro atoms. The fourth-order valence-corrected chi connectivity index (χ4v) is 1.11. The molecule has 0 bridgehead atoms. The highest BCUT2D eigenvalue weighted by Gasteiger charge is 2.29. The first kappa shape index (κ1) is 14.3. The highest BCUT2D eigenvalue weighted by atomic mass is 32.2. The molecule has 0 aliphatic heterocycles. The fourth-order valence-electron chi connectivity index (χ4n) is 0.747. The quantitative estimate of drug-likeness (QED) is 0.537. The van der Waals surface area contributed by atoms with Gasteiger partial charge in [-0.25, -0.2) is 8.42 Å². The molecule has 0 rings (SSSR count). The van der Waals surface area contributed by atoms with Crippen LogP contribution in [0.15, 0.2) is 0 Å². The zero-order valence-corrected chi connectivity index (χ0v) is 9.97. The third kappa shape index (κ3) is 4.59. The first-order valence-corrected chi connectivity index (χ1v) is 6.36. The number of carbonyl (C=O) groups is 1. The first-order chi connectivity index (χ1) is 6.58. The third-order valence-corrected chi connectivity index (χ3v) is 4.39. The molecule has 0 aliphatic rings. The van der Waals surface area contributed by atoms with Gasteiger partial charge in [0.1, 0.15) is 6.04 Å². The summed E-state index contributed by atoms with van der Waals surface area (Å²) in [6.45, 7) is 3.37. The number of sulfone groups is 1. The van der Waals surface area contributed by atoms with Crippen LogP contribution in [-0.2, 0) is 14.6 Å². The van der Waals surface area contributed by atoms with E-state index in [4.69, 9.17) is 10.8 Å². The molecule has 7 heteroatoms. The standard InChI is InChI=1S/C8H18N2O4S/c1-8(2,15(3,13)14)5-10-4-6(9)7(11)12/h6,10H,4-5,9H2,1-3H3,(H,11,12). The number of carboxylic acid groups (broad SMARTS) is 1. The van der Waals surface area contributed by atoms with Crippen molar-refractivity contribution in [1.82, 2.24) is 5.32 Å². The largest absolute Gasteiger partial charge is 0.480 e. The van der Waals surface area contributed by atoms with E-state index in [2.05, 4.69) is 5.32 Å². The van der Waals surface area contributed by atoms with Crippen LogP contribution in [0.4, 0.5) is 0 Å². The summed E-state index contributed by atoms with van der Waals surface area (Å²) >= 11 is 0. The summed E-state index contributed by atoms with van der Waals surface area (Å²) in [4.78, 5) is 10.4. The van der Waals surface area contributed by atoms with Gasteiger partial charge in [-0.1, -0.05) is 0 Å². The van der Waals surface area contributed by atoms with E-state index in [0.717, 1.165) is 6.26 Å². The van der Waals surface area contributed by atoms with E-state index in [0.29, 0.717) is 0 Å². The molecule has 0 saturated heterocycles. The van der Waals surface area contributed by atoms with Crippen molar-refractivity contribution in [2.75, 3.05) is 19.3 Å². The number of nitrogens with two attached hydrogens (primary N) is 1. The van der Waals surface area contributed by atoms with Gasteiger partial charge in [-0.2, -0.15) is 0 Å². The molecule has 0 aromatic rings. The van der Waals surface area contributed by atoms with E-state index in [1.54, 1.807) is 13.8 Å². The van der Waals surface area contributed by atoms with E-state index in [-0.39, 0.29) is 13.1 Å². The van der Waals surface area contributed by atoms with Crippen LogP contribution in [0.5, 0.6) is 0 Å². The van der Waals surface area contributed by atoms with Crippen molar-refractivity contribution < 1.29 is 18.3 Å². The number of nitrogens with one attached hydrogen (secondary N) is 1. The minimum absolute atomic E-state index is 0.0499. The predicted octanol–water partition coefficient (Wildman–Crippen LogP) is -1.19. The zero-order chi connectivity index (χ0) is 12.3. The number of aliphatic carboxylic acids is 1. The highest BCUT2D eigenvalue weighted by molar-refractivity contribution is 7.92. The van der Waals surface area contributed by atoms with E-state index in [1.807, 2.05) is 0 Å². The van der Waals surface area contributed by atoms with E-state index in [9.17, 15) is 13.2 Å². The van der Waals surface area contributed by atoms with E-state index < -0.39 is 26.6 Å². The summed E-state index contributed by atoms with van der Waals surface area (Å²) in [6, 6.07) is -1.01. The highest BCUT2D eigenvalue weighted by Crippen LogP contribution is 2.12. The van der Waals surface area contributed by atoms with E-state index in [1.165, 1.54) is 0 Å². The van der Waals surface area contributed by atoms with Gasteiger partial charge in [0.25, 0.3) is 0 Å². The van der Waals surface area contributed by atoms with Crippen molar-refractivity contribution in [3.63, 3.8) is 0 Å². The molecule has 90 valence electrons. The second-order valence-corrected chi connectivity index (χ2v) is 6.76. The Labute approximate surface area is 89.8 Å². The molecule has 0 aromatic heterocycles. The van der Waals surface area contributed by atoms with Crippen molar-refractivity contribution in [2.24, 2.45) is 5.73 Å². The van der Waals surface area contributed by atoms with Crippen molar-refractivity contribution in [3.05, 3.63) is 0 Å². The van der Waals surface area contributed by atoms with Crippen molar-refractivity contribution in [1.29, 1.82) is 0 Å². The van der Waals surface area contributed by atoms with Crippen LogP contribution in [0.1, 0.15) is 13.8 Å². The Bertz CT molecular complexity index is 324. The number of hydrogen-bond acceptors (Lipinski definition) is 5. The summed E-state index contributed by atoms with van der Waals surface area (Å²) in [5.74, 6) is -1.11. The van der Waals surface area contributed by atoms with Crippen LogP contribution in [-0.4, -0.2) is 49.6 Å². The molecule has 4 N–H and O–H groups in total. The Balaban J connectivity index is 4.13. The first-order valence-electron chi connectivity index (χ1n) is 4.46. The minimum Gasteiger partial charge on any atom is -0.480 e. The Kier molecular flexibility index (Phi) is 4.69. The fraction of sp³-hybridized carbons (Fsp3) is 0.875.